The van der Waals surface area contributed by atoms with Crippen molar-refractivity contribution >= 4 is 40.6 Å². The molecule has 13 heteroatoms. The molecular formula is C27H38N6O7. The Balaban J connectivity index is 1.70. The predicted molar refractivity (Wildman–Crippen MR) is 146 cm³/mol. The number of benzene rings is 1. The highest BCUT2D eigenvalue weighted by Crippen LogP contribution is 2.22. The number of aromatic nitrogens is 1. The molecule has 1 aliphatic rings. The summed E-state index contributed by atoms with van der Waals surface area (Å²) in [5.41, 5.74) is 13.0. The number of amides is 3. The van der Waals surface area contributed by atoms with Gasteiger partial charge in [0.2, 0.25) is 17.7 Å². The lowest BCUT2D eigenvalue weighted by Gasteiger charge is -2.30. The summed E-state index contributed by atoms with van der Waals surface area (Å²) in [5.74, 6) is -4.00. The molecule has 40 heavy (non-hydrogen) atoms. The molecule has 4 unspecified atom stereocenters. The van der Waals surface area contributed by atoms with Crippen molar-refractivity contribution < 1.29 is 34.2 Å². The summed E-state index contributed by atoms with van der Waals surface area (Å²) in [6.07, 6.45) is 3.67. The van der Waals surface area contributed by atoms with Crippen LogP contribution in [-0.2, 0) is 30.4 Å². The van der Waals surface area contributed by atoms with Crippen LogP contribution in [0.5, 0.6) is 0 Å². The van der Waals surface area contributed by atoms with Gasteiger partial charge in [-0.3, -0.25) is 19.2 Å². The molecule has 3 amide bonds. The number of hydrogen-bond donors (Lipinski definition) is 7. The summed E-state index contributed by atoms with van der Waals surface area (Å²) in [6.45, 7) is 0.667. The fourth-order valence-corrected chi connectivity index (χ4v) is 4.93. The van der Waals surface area contributed by atoms with Crippen molar-refractivity contribution in [2.75, 3.05) is 13.1 Å². The zero-order chi connectivity index (χ0) is 29.2. The first-order valence-electron chi connectivity index (χ1n) is 13.5. The Kier molecular flexibility index (Phi) is 11.0. The first-order valence-corrected chi connectivity index (χ1v) is 13.5. The number of likely N-dealkylation sites (tertiary alicyclic amines) is 1. The molecule has 3 rings (SSSR count). The smallest absolute Gasteiger partial charge is 0.326 e. The number of fused-ring (bicyclic) bond motifs is 1. The van der Waals surface area contributed by atoms with Crippen LogP contribution in [0.4, 0.5) is 0 Å². The molecule has 2 aromatic rings. The number of para-hydroxylation sites is 1. The monoisotopic (exact) mass is 558 g/mol. The van der Waals surface area contributed by atoms with Crippen molar-refractivity contribution in [3.8, 4) is 0 Å². The molecule has 0 aliphatic carbocycles. The lowest BCUT2D eigenvalue weighted by atomic mass is 10.0. The Bertz CT molecular complexity index is 1210. The highest BCUT2D eigenvalue weighted by Gasteiger charge is 2.39. The van der Waals surface area contributed by atoms with E-state index in [1.165, 1.54) is 4.90 Å². The van der Waals surface area contributed by atoms with Crippen LogP contribution in [0.25, 0.3) is 10.9 Å². The summed E-state index contributed by atoms with van der Waals surface area (Å²) in [6, 6.07) is 3.24. The van der Waals surface area contributed by atoms with Gasteiger partial charge >= 0.3 is 11.9 Å². The van der Waals surface area contributed by atoms with E-state index in [2.05, 4.69) is 15.6 Å². The van der Waals surface area contributed by atoms with E-state index in [1.807, 2.05) is 24.3 Å². The van der Waals surface area contributed by atoms with Gasteiger partial charge < -0.3 is 42.2 Å². The molecule has 0 saturated carbocycles. The van der Waals surface area contributed by atoms with Crippen LogP contribution in [0.15, 0.2) is 30.5 Å². The molecule has 1 fully saturated rings. The minimum Gasteiger partial charge on any atom is -0.481 e. The Labute approximate surface area is 231 Å². The molecular weight excluding hydrogens is 520 g/mol. The third-order valence-corrected chi connectivity index (χ3v) is 7.12. The summed E-state index contributed by atoms with van der Waals surface area (Å²) in [4.78, 5) is 66.8. The third kappa shape index (κ3) is 8.02. The molecule has 13 nitrogen and oxygen atoms in total. The molecule has 0 radical (unpaired) electrons. The molecule has 2 heterocycles. The SMILES string of the molecule is NCCCCC(NC(=O)C(N)CCC(=O)O)C(=O)N1CCCC1C(=O)NC(Cc1c[nH]c2ccccc12)C(=O)O. The fourth-order valence-electron chi connectivity index (χ4n) is 4.93. The number of aliphatic carboxylic acids is 2. The second kappa shape index (κ2) is 14.4. The number of nitrogens with two attached hydrogens (primary N) is 2. The minimum absolute atomic E-state index is 0.0533. The zero-order valence-electron chi connectivity index (χ0n) is 22.3. The molecule has 218 valence electrons. The van der Waals surface area contributed by atoms with E-state index in [-0.39, 0.29) is 32.2 Å². The average molecular weight is 559 g/mol. The Morgan fingerprint density at radius 1 is 1.05 bits per heavy atom. The van der Waals surface area contributed by atoms with Gasteiger partial charge in [-0.15, -0.1) is 0 Å². The normalized spacial score (nSPS) is 17.2. The van der Waals surface area contributed by atoms with E-state index in [9.17, 15) is 29.1 Å². The quantitative estimate of drug-likeness (QED) is 0.147. The lowest BCUT2D eigenvalue weighted by Crippen LogP contribution is -2.57. The van der Waals surface area contributed by atoms with Gasteiger partial charge in [0.25, 0.3) is 0 Å². The van der Waals surface area contributed by atoms with Gasteiger partial charge in [-0.1, -0.05) is 18.2 Å². The lowest BCUT2D eigenvalue weighted by molar-refractivity contribution is -0.145. The van der Waals surface area contributed by atoms with Gasteiger partial charge in [-0.05, 0) is 56.7 Å². The number of carbonyl (C=O) groups excluding carboxylic acids is 3. The molecule has 1 saturated heterocycles. The number of nitrogens with zero attached hydrogens (tertiary/aromatic N) is 1. The van der Waals surface area contributed by atoms with Gasteiger partial charge in [0.15, 0.2) is 0 Å². The highest BCUT2D eigenvalue weighted by molar-refractivity contribution is 5.95. The molecule has 1 aliphatic heterocycles. The van der Waals surface area contributed by atoms with E-state index >= 15 is 0 Å². The summed E-state index contributed by atoms with van der Waals surface area (Å²) >= 11 is 0. The van der Waals surface area contributed by atoms with Gasteiger partial charge in [-0.25, -0.2) is 4.79 Å². The Morgan fingerprint density at radius 3 is 2.50 bits per heavy atom. The molecule has 0 spiro atoms. The second-order valence-corrected chi connectivity index (χ2v) is 10.0. The van der Waals surface area contributed by atoms with Crippen LogP contribution in [0.1, 0.15) is 50.5 Å². The maximum absolute atomic E-state index is 13.5. The topological polar surface area (TPSA) is 221 Å². The zero-order valence-corrected chi connectivity index (χ0v) is 22.3. The number of H-pyrrole nitrogens is 1. The van der Waals surface area contributed by atoms with Crippen molar-refractivity contribution in [2.24, 2.45) is 11.5 Å². The van der Waals surface area contributed by atoms with Crippen LogP contribution in [0, 0.1) is 0 Å². The van der Waals surface area contributed by atoms with Gasteiger partial charge in [-0.2, -0.15) is 0 Å². The number of aromatic amines is 1. The number of carboxylic acids is 2. The van der Waals surface area contributed by atoms with Crippen LogP contribution < -0.4 is 22.1 Å². The van der Waals surface area contributed by atoms with Crippen LogP contribution in [0.2, 0.25) is 0 Å². The average Bonchev–Trinajstić information content (AvgIpc) is 3.58. The first-order chi connectivity index (χ1) is 19.1. The largest absolute Gasteiger partial charge is 0.481 e. The number of nitrogens with one attached hydrogen (secondary N) is 3. The molecule has 0 bridgehead atoms. The number of unbranched alkanes of at least 4 members (excludes halogenated alkanes) is 1. The Morgan fingerprint density at radius 2 is 1.80 bits per heavy atom. The van der Waals surface area contributed by atoms with Crippen LogP contribution in [0.3, 0.4) is 0 Å². The highest BCUT2D eigenvalue weighted by atomic mass is 16.4. The van der Waals surface area contributed by atoms with Crippen molar-refractivity contribution in [2.45, 2.75) is 75.5 Å². The van der Waals surface area contributed by atoms with E-state index in [1.54, 1.807) is 6.20 Å². The first kappa shape index (κ1) is 30.6. The number of carbonyl (C=O) groups is 5. The number of hydrogen-bond acceptors (Lipinski definition) is 7. The fraction of sp³-hybridized carbons (Fsp3) is 0.519. The third-order valence-electron chi connectivity index (χ3n) is 7.12. The molecule has 4 atom stereocenters. The summed E-state index contributed by atoms with van der Waals surface area (Å²) < 4.78 is 0. The second-order valence-electron chi connectivity index (χ2n) is 10.0. The number of carboxylic acid groups (broad SMARTS) is 2. The van der Waals surface area contributed by atoms with Crippen molar-refractivity contribution in [1.29, 1.82) is 0 Å². The van der Waals surface area contributed by atoms with Crippen LogP contribution >= 0.6 is 0 Å². The van der Waals surface area contributed by atoms with Crippen molar-refractivity contribution in [3.63, 3.8) is 0 Å². The molecule has 9 N–H and O–H groups in total. The maximum atomic E-state index is 13.5. The summed E-state index contributed by atoms with van der Waals surface area (Å²) in [5, 5.41) is 24.8. The molecule has 1 aromatic carbocycles. The maximum Gasteiger partial charge on any atom is 0.326 e. The van der Waals surface area contributed by atoms with E-state index in [0.717, 1.165) is 16.5 Å². The van der Waals surface area contributed by atoms with E-state index in [0.29, 0.717) is 32.2 Å². The van der Waals surface area contributed by atoms with Gasteiger partial charge in [0.05, 0.1) is 6.04 Å². The Hall–Kier alpha value is -3.97. The van der Waals surface area contributed by atoms with E-state index in [4.69, 9.17) is 16.6 Å². The van der Waals surface area contributed by atoms with Crippen molar-refractivity contribution in [1.82, 2.24) is 20.5 Å². The van der Waals surface area contributed by atoms with Gasteiger partial charge in [0, 0.05) is 36.5 Å². The van der Waals surface area contributed by atoms with E-state index < -0.39 is 53.8 Å². The minimum atomic E-state index is -1.21. The number of rotatable bonds is 15. The molecule has 1 aromatic heterocycles. The van der Waals surface area contributed by atoms with Gasteiger partial charge in [0.1, 0.15) is 18.1 Å². The predicted octanol–water partition coefficient (Wildman–Crippen LogP) is 0.0767. The standard InChI is InChI=1S/C27H38N6O7/c28-12-4-3-8-20(31-24(36)18(29)10-11-23(34)35)26(38)33-13-5-9-22(33)25(37)32-21(27(39)40)14-16-15-30-19-7-2-1-6-17(16)19/h1-2,6-7,15,18,20-22,30H,3-5,8-14,28-29H2,(H,31,36)(H,32,37)(H,34,35)(H,39,40). The van der Waals surface area contributed by atoms with Crippen molar-refractivity contribution in [3.05, 3.63) is 36.0 Å². The summed E-state index contributed by atoms with van der Waals surface area (Å²) in [7, 11) is 0. The van der Waals surface area contributed by atoms with Crippen LogP contribution in [-0.4, -0.2) is 87.0 Å².